The Hall–Kier alpha value is -1.26. The number of aliphatic hydroxyl groups excluding tert-OH is 1. The zero-order valence-electron chi connectivity index (χ0n) is 15.9. The minimum Gasteiger partial charge on any atom is -0.488 e. The Morgan fingerprint density at radius 1 is 1.11 bits per heavy atom. The number of aliphatic hydroxyl groups is 1. The van der Waals surface area contributed by atoms with Gasteiger partial charge in [-0.05, 0) is 49.9 Å². The van der Waals surface area contributed by atoms with Crippen LogP contribution in [0.4, 0.5) is 0 Å². The number of ether oxygens (including phenoxy) is 1. The Kier molecular flexibility index (Phi) is 7.04. The van der Waals surface area contributed by atoms with E-state index in [-0.39, 0.29) is 18.1 Å². The van der Waals surface area contributed by atoms with Crippen LogP contribution >= 0.6 is 23.2 Å². The lowest BCUT2D eigenvalue weighted by atomic mass is 9.88. The fourth-order valence-electron chi connectivity index (χ4n) is 3.66. The van der Waals surface area contributed by atoms with Crippen molar-refractivity contribution in [1.82, 2.24) is 4.90 Å². The predicted molar refractivity (Wildman–Crippen MR) is 112 cm³/mol. The van der Waals surface area contributed by atoms with Crippen molar-refractivity contribution in [3.8, 4) is 5.75 Å². The Bertz CT molecular complexity index is 728. The molecule has 1 fully saturated rings. The molecule has 2 aromatic rings. The van der Waals surface area contributed by atoms with Crippen LogP contribution in [0.1, 0.15) is 31.4 Å². The molecule has 1 aliphatic rings. The van der Waals surface area contributed by atoms with E-state index in [0.29, 0.717) is 15.8 Å². The van der Waals surface area contributed by atoms with Crippen molar-refractivity contribution in [2.75, 3.05) is 13.1 Å². The van der Waals surface area contributed by atoms with E-state index in [2.05, 4.69) is 29.2 Å². The maximum Gasteiger partial charge on any atom is 0.156 e. The average molecular weight is 408 g/mol. The average Bonchev–Trinajstić information content (AvgIpc) is 2.62. The molecule has 0 amide bonds. The molecule has 1 aliphatic heterocycles. The molecule has 27 heavy (non-hydrogen) atoms. The van der Waals surface area contributed by atoms with Crippen molar-refractivity contribution < 1.29 is 9.84 Å². The Labute approximate surface area is 171 Å². The largest absolute Gasteiger partial charge is 0.488 e. The summed E-state index contributed by atoms with van der Waals surface area (Å²) in [7, 11) is 0. The minimum atomic E-state index is -0.304. The van der Waals surface area contributed by atoms with Crippen molar-refractivity contribution in [3.63, 3.8) is 0 Å². The summed E-state index contributed by atoms with van der Waals surface area (Å²) < 4.78 is 5.70. The number of hydrogen-bond donors (Lipinski definition) is 1. The van der Waals surface area contributed by atoms with E-state index in [1.807, 2.05) is 32.0 Å². The van der Waals surface area contributed by atoms with Gasteiger partial charge in [0.1, 0.15) is 0 Å². The Morgan fingerprint density at radius 3 is 2.41 bits per heavy atom. The molecular formula is C22H27Cl2NO2. The highest BCUT2D eigenvalue weighted by atomic mass is 35.5. The van der Waals surface area contributed by atoms with Gasteiger partial charge >= 0.3 is 0 Å². The van der Waals surface area contributed by atoms with Crippen molar-refractivity contribution in [2.45, 2.75) is 45.4 Å². The first kappa shape index (κ1) is 20.5. The molecule has 1 saturated heterocycles. The lowest BCUT2D eigenvalue weighted by Gasteiger charge is -2.36. The molecule has 5 heteroatoms. The highest BCUT2D eigenvalue weighted by Gasteiger charge is 2.28. The number of hydrogen-bond acceptors (Lipinski definition) is 3. The Morgan fingerprint density at radius 2 is 1.78 bits per heavy atom. The summed E-state index contributed by atoms with van der Waals surface area (Å²) in [6, 6.07) is 14.3. The molecule has 3 nitrogen and oxygen atoms in total. The van der Waals surface area contributed by atoms with Crippen LogP contribution in [0.15, 0.2) is 42.5 Å². The van der Waals surface area contributed by atoms with E-state index >= 15 is 0 Å². The van der Waals surface area contributed by atoms with Gasteiger partial charge in [-0.3, -0.25) is 4.90 Å². The third kappa shape index (κ3) is 5.61. The smallest absolute Gasteiger partial charge is 0.156 e. The standard InChI is InChI=1S/C22H27Cl2NO2/c1-15(2)27-22-19(23)11-17(12-20(22)24)10-18-14-25(9-8-21(18)26)13-16-6-4-3-5-7-16/h3-7,11-12,15,18,21,26H,8-10,13-14H2,1-2H3. The first-order valence-corrected chi connectivity index (χ1v) is 10.3. The second kappa shape index (κ2) is 9.29. The molecule has 1 heterocycles. The number of nitrogens with zero attached hydrogens (tertiary/aromatic N) is 1. The van der Waals surface area contributed by atoms with Crippen LogP contribution in [-0.4, -0.2) is 35.3 Å². The number of rotatable bonds is 6. The summed E-state index contributed by atoms with van der Waals surface area (Å²) >= 11 is 12.8. The van der Waals surface area contributed by atoms with Crippen molar-refractivity contribution >= 4 is 23.2 Å². The van der Waals surface area contributed by atoms with Gasteiger partial charge in [-0.2, -0.15) is 0 Å². The van der Waals surface area contributed by atoms with Crippen LogP contribution in [-0.2, 0) is 13.0 Å². The molecule has 0 bridgehead atoms. The van der Waals surface area contributed by atoms with E-state index in [1.54, 1.807) is 0 Å². The fraction of sp³-hybridized carbons (Fsp3) is 0.455. The second-order valence-electron chi connectivity index (χ2n) is 7.60. The van der Waals surface area contributed by atoms with Crippen molar-refractivity contribution in [3.05, 3.63) is 63.6 Å². The SMILES string of the molecule is CC(C)Oc1c(Cl)cc(CC2CN(Cc3ccccc3)CCC2O)cc1Cl. The Balaban J connectivity index is 1.68. The van der Waals surface area contributed by atoms with Gasteiger partial charge in [0, 0.05) is 25.6 Å². The van der Waals surface area contributed by atoms with Gasteiger partial charge in [-0.15, -0.1) is 0 Å². The van der Waals surface area contributed by atoms with Gasteiger partial charge in [0.05, 0.1) is 22.3 Å². The van der Waals surface area contributed by atoms with Gasteiger partial charge in [0.2, 0.25) is 0 Å². The van der Waals surface area contributed by atoms with Crippen LogP contribution in [0.2, 0.25) is 10.0 Å². The lowest BCUT2D eigenvalue weighted by Crippen LogP contribution is -2.43. The summed E-state index contributed by atoms with van der Waals surface area (Å²) in [5.41, 5.74) is 2.33. The maximum atomic E-state index is 10.5. The van der Waals surface area contributed by atoms with E-state index < -0.39 is 0 Å². The molecule has 0 aromatic heterocycles. The number of benzene rings is 2. The van der Waals surface area contributed by atoms with Gasteiger partial charge in [-0.1, -0.05) is 53.5 Å². The van der Waals surface area contributed by atoms with Crippen LogP contribution in [0, 0.1) is 5.92 Å². The van der Waals surface area contributed by atoms with Gasteiger partial charge in [0.15, 0.2) is 5.75 Å². The monoisotopic (exact) mass is 407 g/mol. The predicted octanol–water partition coefficient (Wildman–Crippen LogP) is 5.21. The summed E-state index contributed by atoms with van der Waals surface area (Å²) in [4.78, 5) is 2.41. The summed E-state index contributed by atoms with van der Waals surface area (Å²) in [6.07, 6.45) is 1.24. The third-order valence-corrected chi connectivity index (χ3v) is 5.50. The summed E-state index contributed by atoms with van der Waals surface area (Å²) in [6.45, 7) is 6.57. The normalized spacial score (nSPS) is 20.8. The van der Waals surface area contributed by atoms with Crippen LogP contribution < -0.4 is 4.74 Å². The number of piperidine rings is 1. The molecular weight excluding hydrogens is 381 g/mol. The van der Waals surface area contributed by atoms with E-state index in [1.165, 1.54) is 5.56 Å². The maximum absolute atomic E-state index is 10.5. The van der Waals surface area contributed by atoms with Crippen molar-refractivity contribution in [2.24, 2.45) is 5.92 Å². The zero-order chi connectivity index (χ0) is 19.4. The van der Waals surface area contributed by atoms with Crippen LogP contribution in [0.3, 0.4) is 0 Å². The molecule has 2 atom stereocenters. The van der Waals surface area contributed by atoms with Crippen molar-refractivity contribution in [1.29, 1.82) is 0 Å². The first-order valence-electron chi connectivity index (χ1n) is 9.51. The molecule has 0 saturated carbocycles. The lowest BCUT2D eigenvalue weighted by molar-refractivity contribution is 0.0239. The molecule has 2 aromatic carbocycles. The summed E-state index contributed by atoms with van der Waals surface area (Å²) in [5, 5.41) is 11.6. The quantitative estimate of drug-likeness (QED) is 0.713. The summed E-state index contributed by atoms with van der Waals surface area (Å²) in [5.74, 6) is 0.693. The molecule has 2 unspecified atom stereocenters. The molecule has 0 spiro atoms. The zero-order valence-corrected chi connectivity index (χ0v) is 17.4. The minimum absolute atomic E-state index is 0.0116. The first-order chi connectivity index (χ1) is 12.9. The highest BCUT2D eigenvalue weighted by molar-refractivity contribution is 6.37. The van der Waals surface area contributed by atoms with Gasteiger partial charge in [0.25, 0.3) is 0 Å². The highest BCUT2D eigenvalue weighted by Crippen LogP contribution is 2.36. The molecule has 1 N–H and O–H groups in total. The van der Waals surface area contributed by atoms with Crippen LogP contribution in [0.5, 0.6) is 5.75 Å². The third-order valence-electron chi connectivity index (χ3n) is 4.94. The second-order valence-corrected chi connectivity index (χ2v) is 8.41. The topological polar surface area (TPSA) is 32.7 Å². The molecule has 146 valence electrons. The molecule has 0 radical (unpaired) electrons. The van der Waals surface area contributed by atoms with E-state index in [9.17, 15) is 5.11 Å². The van der Waals surface area contributed by atoms with Gasteiger partial charge < -0.3 is 9.84 Å². The van der Waals surface area contributed by atoms with Crippen LogP contribution in [0.25, 0.3) is 0 Å². The van der Waals surface area contributed by atoms with E-state index in [0.717, 1.165) is 38.0 Å². The molecule has 0 aliphatic carbocycles. The number of halogens is 2. The van der Waals surface area contributed by atoms with Gasteiger partial charge in [-0.25, -0.2) is 0 Å². The fourth-order valence-corrected chi connectivity index (χ4v) is 4.28. The van der Waals surface area contributed by atoms with E-state index in [4.69, 9.17) is 27.9 Å². The number of likely N-dealkylation sites (tertiary alicyclic amines) is 1. The molecule has 3 rings (SSSR count).